The maximum atomic E-state index is 5.86. The number of hydrogen-bond donors (Lipinski definition) is 1. The van der Waals surface area contributed by atoms with Gasteiger partial charge in [-0.1, -0.05) is 17.7 Å². The SMILES string of the molecule is Nc1cc(Cl)ccc1CC1CCCO1. The highest BCUT2D eigenvalue weighted by Crippen LogP contribution is 2.23. The maximum Gasteiger partial charge on any atom is 0.0617 e. The summed E-state index contributed by atoms with van der Waals surface area (Å²) in [5, 5.41) is 0.693. The summed E-state index contributed by atoms with van der Waals surface area (Å²) in [4.78, 5) is 0. The number of nitrogens with two attached hydrogens (primary N) is 1. The van der Waals surface area contributed by atoms with Crippen LogP contribution in [0, 0.1) is 0 Å². The van der Waals surface area contributed by atoms with E-state index in [0.29, 0.717) is 11.1 Å². The summed E-state index contributed by atoms with van der Waals surface area (Å²) in [6.45, 7) is 0.887. The van der Waals surface area contributed by atoms with Crippen molar-refractivity contribution < 1.29 is 4.74 Å². The molecular weight excluding hydrogens is 198 g/mol. The van der Waals surface area contributed by atoms with Crippen molar-refractivity contribution in [2.45, 2.75) is 25.4 Å². The molecule has 1 fully saturated rings. The first-order valence-electron chi connectivity index (χ1n) is 4.91. The molecule has 0 spiro atoms. The van der Waals surface area contributed by atoms with Crippen LogP contribution >= 0.6 is 11.6 Å². The molecule has 0 aliphatic carbocycles. The topological polar surface area (TPSA) is 35.2 Å². The molecule has 2 N–H and O–H groups in total. The fraction of sp³-hybridized carbons (Fsp3) is 0.455. The monoisotopic (exact) mass is 211 g/mol. The van der Waals surface area contributed by atoms with Crippen molar-refractivity contribution in [2.75, 3.05) is 12.3 Å². The van der Waals surface area contributed by atoms with Gasteiger partial charge in [-0.2, -0.15) is 0 Å². The molecule has 0 saturated carbocycles. The largest absolute Gasteiger partial charge is 0.398 e. The third-order valence-corrected chi connectivity index (χ3v) is 2.81. The van der Waals surface area contributed by atoms with Gasteiger partial charge in [-0.25, -0.2) is 0 Å². The summed E-state index contributed by atoms with van der Waals surface area (Å²) < 4.78 is 5.55. The lowest BCUT2D eigenvalue weighted by atomic mass is 10.0. The van der Waals surface area contributed by atoms with Crippen LogP contribution in [0.4, 0.5) is 5.69 Å². The van der Waals surface area contributed by atoms with Gasteiger partial charge in [-0.3, -0.25) is 0 Å². The van der Waals surface area contributed by atoms with Gasteiger partial charge in [0.1, 0.15) is 0 Å². The molecule has 14 heavy (non-hydrogen) atoms. The minimum atomic E-state index is 0.346. The van der Waals surface area contributed by atoms with Crippen molar-refractivity contribution in [3.8, 4) is 0 Å². The summed E-state index contributed by atoms with van der Waals surface area (Å²) in [6.07, 6.45) is 3.56. The van der Waals surface area contributed by atoms with Crippen LogP contribution in [-0.2, 0) is 11.2 Å². The Balaban J connectivity index is 2.08. The van der Waals surface area contributed by atoms with Crippen LogP contribution in [0.15, 0.2) is 18.2 Å². The van der Waals surface area contributed by atoms with E-state index in [0.717, 1.165) is 37.1 Å². The molecule has 1 aliphatic heterocycles. The third kappa shape index (κ3) is 2.20. The van der Waals surface area contributed by atoms with Crippen molar-refractivity contribution in [2.24, 2.45) is 0 Å². The van der Waals surface area contributed by atoms with Crippen molar-refractivity contribution >= 4 is 17.3 Å². The van der Waals surface area contributed by atoms with Crippen molar-refractivity contribution in [1.29, 1.82) is 0 Å². The Hall–Kier alpha value is -0.730. The van der Waals surface area contributed by atoms with Gasteiger partial charge in [0.2, 0.25) is 0 Å². The van der Waals surface area contributed by atoms with Crippen LogP contribution in [0.3, 0.4) is 0 Å². The normalized spacial score (nSPS) is 21.4. The molecule has 0 radical (unpaired) electrons. The van der Waals surface area contributed by atoms with Crippen molar-refractivity contribution in [3.05, 3.63) is 28.8 Å². The summed E-state index contributed by atoms with van der Waals surface area (Å²) in [5.41, 5.74) is 7.77. The van der Waals surface area contributed by atoms with Crippen molar-refractivity contribution in [3.63, 3.8) is 0 Å². The molecular formula is C11H14ClNO. The zero-order chi connectivity index (χ0) is 9.97. The van der Waals surface area contributed by atoms with E-state index in [-0.39, 0.29) is 0 Å². The van der Waals surface area contributed by atoms with E-state index in [1.54, 1.807) is 6.07 Å². The minimum Gasteiger partial charge on any atom is -0.398 e. The number of anilines is 1. The summed E-state index contributed by atoms with van der Waals surface area (Å²) in [7, 11) is 0. The maximum absolute atomic E-state index is 5.86. The Morgan fingerprint density at radius 2 is 2.36 bits per heavy atom. The molecule has 1 aliphatic rings. The number of nitrogen functional groups attached to an aromatic ring is 1. The first kappa shape index (κ1) is 9.81. The Morgan fingerprint density at radius 3 is 3.00 bits per heavy atom. The zero-order valence-corrected chi connectivity index (χ0v) is 8.76. The van der Waals surface area contributed by atoms with Crippen LogP contribution < -0.4 is 5.73 Å². The van der Waals surface area contributed by atoms with E-state index in [9.17, 15) is 0 Å². The molecule has 1 unspecified atom stereocenters. The van der Waals surface area contributed by atoms with Gasteiger partial charge in [0.05, 0.1) is 6.10 Å². The summed E-state index contributed by atoms with van der Waals surface area (Å²) in [5.74, 6) is 0. The molecule has 1 saturated heterocycles. The average molecular weight is 212 g/mol. The van der Waals surface area contributed by atoms with Gasteiger partial charge in [0.25, 0.3) is 0 Å². The first-order valence-corrected chi connectivity index (χ1v) is 5.29. The lowest BCUT2D eigenvalue weighted by Crippen LogP contribution is -2.10. The molecule has 0 amide bonds. The van der Waals surface area contributed by atoms with Crippen LogP contribution in [0.1, 0.15) is 18.4 Å². The quantitative estimate of drug-likeness (QED) is 0.764. The lowest BCUT2D eigenvalue weighted by molar-refractivity contribution is 0.111. The van der Waals surface area contributed by atoms with E-state index < -0.39 is 0 Å². The summed E-state index contributed by atoms with van der Waals surface area (Å²) in [6, 6.07) is 5.66. The van der Waals surface area contributed by atoms with E-state index in [4.69, 9.17) is 22.1 Å². The molecule has 76 valence electrons. The third-order valence-electron chi connectivity index (χ3n) is 2.58. The fourth-order valence-electron chi connectivity index (χ4n) is 1.80. The molecule has 3 heteroatoms. The second-order valence-electron chi connectivity index (χ2n) is 3.68. The molecule has 2 rings (SSSR count). The smallest absolute Gasteiger partial charge is 0.0617 e. The highest BCUT2D eigenvalue weighted by molar-refractivity contribution is 6.30. The Morgan fingerprint density at radius 1 is 1.50 bits per heavy atom. The lowest BCUT2D eigenvalue weighted by Gasteiger charge is -2.11. The van der Waals surface area contributed by atoms with Crippen molar-refractivity contribution in [1.82, 2.24) is 0 Å². The predicted octanol–water partition coefficient (Wildman–Crippen LogP) is 2.64. The Labute approximate surface area is 89.0 Å². The molecule has 1 atom stereocenters. The number of ether oxygens (including phenoxy) is 1. The van der Waals surface area contributed by atoms with E-state index in [1.807, 2.05) is 12.1 Å². The fourth-order valence-corrected chi connectivity index (χ4v) is 1.98. The number of benzene rings is 1. The molecule has 2 nitrogen and oxygen atoms in total. The van der Waals surface area contributed by atoms with Crippen LogP contribution in [0.25, 0.3) is 0 Å². The molecule has 1 aromatic carbocycles. The van der Waals surface area contributed by atoms with Crippen LogP contribution in [-0.4, -0.2) is 12.7 Å². The van der Waals surface area contributed by atoms with Gasteiger partial charge in [-0.05, 0) is 30.5 Å². The van der Waals surface area contributed by atoms with Gasteiger partial charge in [0.15, 0.2) is 0 Å². The van der Waals surface area contributed by atoms with E-state index in [1.165, 1.54) is 0 Å². The second kappa shape index (κ2) is 4.20. The van der Waals surface area contributed by atoms with E-state index >= 15 is 0 Å². The van der Waals surface area contributed by atoms with Gasteiger partial charge in [0, 0.05) is 23.7 Å². The minimum absolute atomic E-state index is 0.346. The average Bonchev–Trinajstić information content (AvgIpc) is 2.62. The second-order valence-corrected chi connectivity index (χ2v) is 4.12. The standard InChI is InChI=1S/C11H14ClNO/c12-9-4-3-8(11(13)7-9)6-10-2-1-5-14-10/h3-4,7,10H,1-2,5-6,13H2. The first-order chi connectivity index (χ1) is 6.75. The van der Waals surface area contributed by atoms with Gasteiger partial charge in [-0.15, -0.1) is 0 Å². The molecule has 0 bridgehead atoms. The molecule has 1 aromatic rings. The van der Waals surface area contributed by atoms with Crippen LogP contribution in [0.5, 0.6) is 0 Å². The van der Waals surface area contributed by atoms with Crippen LogP contribution in [0.2, 0.25) is 5.02 Å². The summed E-state index contributed by atoms with van der Waals surface area (Å²) >= 11 is 5.82. The number of rotatable bonds is 2. The number of hydrogen-bond acceptors (Lipinski definition) is 2. The zero-order valence-electron chi connectivity index (χ0n) is 8.00. The highest BCUT2D eigenvalue weighted by Gasteiger charge is 2.16. The Bertz CT molecular complexity index is 321. The highest BCUT2D eigenvalue weighted by atomic mass is 35.5. The predicted molar refractivity (Wildman–Crippen MR) is 58.5 cm³/mol. The molecule has 0 aromatic heterocycles. The number of halogens is 1. The molecule has 1 heterocycles. The van der Waals surface area contributed by atoms with E-state index in [2.05, 4.69) is 0 Å². The van der Waals surface area contributed by atoms with Gasteiger partial charge < -0.3 is 10.5 Å². The van der Waals surface area contributed by atoms with Gasteiger partial charge >= 0.3 is 0 Å². The Kier molecular flexibility index (Phi) is 2.94.